The zero-order chi connectivity index (χ0) is 18.1. The molecule has 0 spiro atoms. The van der Waals surface area contributed by atoms with E-state index in [1.54, 1.807) is 34.4 Å². The molecule has 7 nitrogen and oxygen atoms in total. The monoisotopic (exact) mass is 369 g/mol. The maximum atomic E-state index is 12.9. The first kappa shape index (κ1) is 16.9. The molecule has 2 aromatic heterocycles. The molecule has 0 atom stereocenters. The number of nitrogens with zero attached hydrogens (tertiary/aromatic N) is 4. The van der Waals surface area contributed by atoms with E-state index in [-0.39, 0.29) is 11.5 Å². The number of thiazole rings is 1. The van der Waals surface area contributed by atoms with Crippen molar-refractivity contribution in [2.75, 3.05) is 26.2 Å². The van der Waals surface area contributed by atoms with E-state index >= 15 is 0 Å². The third-order valence-corrected chi connectivity index (χ3v) is 5.43. The number of nitrogens with one attached hydrogen (secondary N) is 1. The van der Waals surface area contributed by atoms with Crippen LogP contribution in [0.1, 0.15) is 21.2 Å². The van der Waals surface area contributed by atoms with Crippen LogP contribution in [-0.2, 0) is 6.54 Å². The molecule has 1 aromatic carbocycles. The summed E-state index contributed by atoms with van der Waals surface area (Å²) >= 11 is 1.66. The lowest BCUT2D eigenvalue weighted by Crippen LogP contribution is -2.48. The average Bonchev–Trinajstić information content (AvgIpc) is 3.07. The molecule has 1 amide bonds. The first-order chi connectivity index (χ1) is 12.6. The van der Waals surface area contributed by atoms with Crippen molar-refractivity contribution >= 4 is 28.0 Å². The zero-order valence-electron chi connectivity index (χ0n) is 14.4. The Morgan fingerprint density at radius 2 is 1.92 bits per heavy atom. The summed E-state index contributed by atoms with van der Waals surface area (Å²) in [6.07, 6.45) is 0. The van der Waals surface area contributed by atoms with Gasteiger partial charge in [0.15, 0.2) is 5.69 Å². The van der Waals surface area contributed by atoms with Crippen molar-refractivity contribution in [2.45, 2.75) is 13.5 Å². The van der Waals surface area contributed by atoms with Crippen LogP contribution in [-0.4, -0.2) is 57.1 Å². The molecule has 3 heterocycles. The third kappa shape index (κ3) is 3.25. The van der Waals surface area contributed by atoms with Crippen LogP contribution >= 0.6 is 11.3 Å². The normalized spacial score (nSPS) is 15.5. The van der Waals surface area contributed by atoms with Gasteiger partial charge in [0.1, 0.15) is 0 Å². The lowest BCUT2D eigenvalue weighted by atomic mass is 10.1. The molecule has 1 aliphatic heterocycles. The van der Waals surface area contributed by atoms with Crippen molar-refractivity contribution in [3.8, 4) is 0 Å². The maximum absolute atomic E-state index is 12.9. The van der Waals surface area contributed by atoms with Crippen LogP contribution in [0.3, 0.4) is 0 Å². The van der Waals surface area contributed by atoms with Crippen molar-refractivity contribution in [1.82, 2.24) is 25.0 Å². The van der Waals surface area contributed by atoms with Crippen molar-refractivity contribution in [3.05, 3.63) is 56.4 Å². The van der Waals surface area contributed by atoms with Gasteiger partial charge in [-0.3, -0.25) is 14.5 Å². The van der Waals surface area contributed by atoms with Crippen LogP contribution in [0.15, 0.2) is 34.4 Å². The van der Waals surface area contributed by atoms with Crippen molar-refractivity contribution < 1.29 is 4.79 Å². The van der Waals surface area contributed by atoms with Crippen LogP contribution in [0.5, 0.6) is 0 Å². The summed E-state index contributed by atoms with van der Waals surface area (Å²) in [6.45, 7) is 5.68. The summed E-state index contributed by atoms with van der Waals surface area (Å²) < 4.78 is 0. The van der Waals surface area contributed by atoms with Crippen LogP contribution in [0, 0.1) is 6.92 Å². The SMILES string of the molecule is Cc1nc(CN2CCN(C(=O)c3n[nH]c(=O)c4ccccc34)CC2)cs1. The molecule has 1 fully saturated rings. The summed E-state index contributed by atoms with van der Waals surface area (Å²) in [5, 5.41) is 10.7. The Balaban J connectivity index is 1.47. The molecule has 1 N–H and O–H groups in total. The highest BCUT2D eigenvalue weighted by Gasteiger charge is 2.25. The van der Waals surface area contributed by atoms with E-state index in [4.69, 9.17) is 0 Å². The second-order valence-corrected chi connectivity index (χ2v) is 7.44. The standard InChI is InChI=1S/C18H19N5O2S/c1-12-19-13(11-26-12)10-22-6-8-23(9-7-22)18(25)16-14-4-2-3-5-15(14)17(24)21-20-16/h2-5,11H,6-10H2,1H3,(H,21,24). The highest BCUT2D eigenvalue weighted by Crippen LogP contribution is 2.17. The van der Waals surface area contributed by atoms with Crippen LogP contribution in [0.2, 0.25) is 0 Å². The Morgan fingerprint density at radius 1 is 1.19 bits per heavy atom. The van der Waals surface area contributed by atoms with Crippen LogP contribution < -0.4 is 5.56 Å². The van der Waals surface area contributed by atoms with E-state index in [1.807, 2.05) is 13.0 Å². The molecule has 0 saturated carbocycles. The van der Waals surface area contributed by atoms with E-state index in [9.17, 15) is 9.59 Å². The lowest BCUT2D eigenvalue weighted by Gasteiger charge is -2.34. The number of aromatic nitrogens is 3. The van der Waals surface area contributed by atoms with Crippen molar-refractivity contribution in [1.29, 1.82) is 0 Å². The van der Waals surface area contributed by atoms with Crippen molar-refractivity contribution in [3.63, 3.8) is 0 Å². The molecule has 0 aliphatic carbocycles. The van der Waals surface area contributed by atoms with E-state index in [1.165, 1.54) is 0 Å². The summed E-state index contributed by atoms with van der Waals surface area (Å²) in [4.78, 5) is 33.4. The number of benzene rings is 1. The fraction of sp³-hybridized carbons (Fsp3) is 0.333. The molecular weight excluding hydrogens is 350 g/mol. The topological polar surface area (TPSA) is 82.2 Å². The fourth-order valence-electron chi connectivity index (χ4n) is 3.25. The summed E-state index contributed by atoms with van der Waals surface area (Å²) in [7, 11) is 0. The molecule has 0 radical (unpaired) electrons. The Morgan fingerprint density at radius 3 is 2.62 bits per heavy atom. The van der Waals surface area contributed by atoms with Gasteiger partial charge in [0.2, 0.25) is 0 Å². The van der Waals surface area contributed by atoms with Gasteiger partial charge in [-0.25, -0.2) is 10.1 Å². The quantitative estimate of drug-likeness (QED) is 0.759. The minimum Gasteiger partial charge on any atom is -0.335 e. The summed E-state index contributed by atoms with van der Waals surface area (Å²) in [6, 6.07) is 7.07. The predicted octanol–water partition coefficient (Wildman–Crippen LogP) is 1.65. The number of carbonyl (C=O) groups excluding carboxylic acids is 1. The maximum Gasteiger partial charge on any atom is 0.275 e. The summed E-state index contributed by atoms with van der Waals surface area (Å²) in [5.74, 6) is -0.137. The second kappa shape index (κ2) is 6.97. The minimum atomic E-state index is -0.277. The third-order valence-electron chi connectivity index (χ3n) is 4.61. The fourth-order valence-corrected chi connectivity index (χ4v) is 3.85. The number of piperazine rings is 1. The zero-order valence-corrected chi connectivity index (χ0v) is 15.3. The van der Waals surface area contributed by atoms with Gasteiger partial charge in [-0.05, 0) is 13.0 Å². The number of amides is 1. The van der Waals surface area contributed by atoms with Gasteiger partial charge in [-0.15, -0.1) is 11.3 Å². The number of aryl methyl sites for hydroxylation is 1. The summed E-state index contributed by atoms with van der Waals surface area (Å²) in [5.41, 5.74) is 1.12. The Kier molecular flexibility index (Phi) is 4.52. The number of hydrogen-bond donors (Lipinski definition) is 1. The first-order valence-corrected chi connectivity index (χ1v) is 9.40. The van der Waals surface area contributed by atoms with E-state index in [0.29, 0.717) is 29.6 Å². The predicted molar refractivity (Wildman–Crippen MR) is 100 cm³/mol. The highest BCUT2D eigenvalue weighted by molar-refractivity contribution is 7.09. The van der Waals surface area contributed by atoms with E-state index < -0.39 is 0 Å². The first-order valence-electron chi connectivity index (χ1n) is 8.52. The molecule has 4 rings (SSSR count). The largest absolute Gasteiger partial charge is 0.335 e. The van der Waals surface area contributed by atoms with Crippen LogP contribution in [0.4, 0.5) is 0 Å². The molecular formula is C18H19N5O2S. The minimum absolute atomic E-state index is 0.137. The Labute approximate surface area is 154 Å². The number of fused-ring (bicyclic) bond motifs is 1. The van der Waals surface area contributed by atoms with Crippen molar-refractivity contribution in [2.24, 2.45) is 0 Å². The van der Waals surface area contributed by atoms with Gasteiger partial charge in [0.25, 0.3) is 11.5 Å². The van der Waals surface area contributed by atoms with Gasteiger partial charge in [0, 0.05) is 43.5 Å². The van der Waals surface area contributed by atoms with Crippen LogP contribution in [0.25, 0.3) is 10.8 Å². The molecule has 0 unspecified atom stereocenters. The van der Waals surface area contributed by atoms with Gasteiger partial charge < -0.3 is 4.90 Å². The molecule has 3 aromatic rings. The molecule has 0 bridgehead atoms. The highest BCUT2D eigenvalue weighted by atomic mass is 32.1. The molecule has 1 saturated heterocycles. The van der Waals surface area contributed by atoms with Gasteiger partial charge >= 0.3 is 0 Å². The number of aromatic amines is 1. The molecule has 8 heteroatoms. The Bertz CT molecular complexity index is 1000. The average molecular weight is 369 g/mol. The number of carbonyl (C=O) groups is 1. The molecule has 134 valence electrons. The van der Waals surface area contributed by atoms with E-state index in [2.05, 4.69) is 25.5 Å². The van der Waals surface area contributed by atoms with Gasteiger partial charge in [0.05, 0.1) is 16.1 Å². The second-order valence-electron chi connectivity index (χ2n) is 6.37. The Hall–Kier alpha value is -2.58. The molecule has 1 aliphatic rings. The lowest BCUT2D eigenvalue weighted by molar-refractivity contribution is 0.0622. The number of rotatable bonds is 3. The van der Waals surface area contributed by atoms with Gasteiger partial charge in [-0.1, -0.05) is 18.2 Å². The van der Waals surface area contributed by atoms with E-state index in [0.717, 1.165) is 30.3 Å². The number of H-pyrrole nitrogens is 1. The molecule has 26 heavy (non-hydrogen) atoms. The number of hydrogen-bond acceptors (Lipinski definition) is 6. The van der Waals surface area contributed by atoms with Gasteiger partial charge in [-0.2, -0.15) is 5.10 Å². The smallest absolute Gasteiger partial charge is 0.275 e.